The van der Waals surface area contributed by atoms with Crippen LogP contribution in [0.2, 0.25) is 0 Å². The molecule has 1 fully saturated rings. The zero-order valence-corrected chi connectivity index (χ0v) is 16.4. The van der Waals surface area contributed by atoms with E-state index in [-0.39, 0.29) is 18.0 Å². The summed E-state index contributed by atoms with van der Waals surface area (Å²) in [5, 5.41) is 13.1. The number of allylic oxidation sites excluding steroid dienone is 1. The minimum absolute atomic E-state index is 0.159. The summed E-state index contributed by atoms with van der Waals surface area (Å²) in [4.78, 5) is 12.3. The first-order chi connectivity index (χ1) is 11.8. The molecule has 0 heterocycles. The minimum Gasteiger partial charge on any atom is -0.465 e. The third-order valence-electron chi connectivity index (χ3n) is 4.86. The van der Waals surface area contributed by atoms with Crippen LogP contribution in [0.1, 0.15) is 45.1 Å². The SMILES string of the molecule is COC(=O)/C(=C(/C)N[C@H](C)C1CCC(O)CC1)c1ccc(F)cc1Br. The van der Waals surface area contributed by atoms with Gasteiger partial charge in [-0.2, -0.15) is 0 Å². The van der Waals surface area contributed by atoms with E-state index in [1.165, 1.54) is 19.2 Å². The van der Waals surface area contributed by atoms with Crippen LogP contribution >= 0.6 is 15.9 Å². The number of hydrogen-bond acceptors (Lipinski definition) is 4. The van der Waals surface area contributed by atoms with Crippen LogP contribution in [0.3, 0.4) is 0 Å². The lowest BCUT2D eigenvalue weighted by atomic mass is 9.83. The number of rotatable bonds is 5. The monoisotopic (exact) mass is 413 g/mol. The molecule has 1 aromatic rings. The quantitative estimate of drug-likeness (QED) is 0.565. The van der Waals surface area contributed by atoms with E-state index in [0.717, 1.165) is 25.7 Å². The summed E-state index contributed by atoms with van der Waals surface area (Å²) >= 11 is 3.33. The molecule has 1 aliphatic carbocycles. The Hall–Kier alpha value is -1.40. The van der Waals surface area contributed by atoms with E-state index >= 15 is 0 Å². The summed E-state index contributed by atoms with van der Waals surface area (Å²) in [5.41, 5.74) is 1.67. The summed E-state index contributed by atoms with van der Waals surface area (Å²) in [6.07, 6.45) is 3.34. The molecule has 1 saturated carbocycles. The van der Waals surface area contributed by atoms with Crippen molar-refractivity contribution in [3.8, 4) is 0 Å². The molecule has 1 aromatic carbocycles. The third-order valence-corrected chi connectivity index (χ3v) is 5.51. The van der Waals surface area contributed by atoms with Gasteiger partial charge in [-0.25, -0.2) is 9.18 Å². The number of hydrogen-bond donors (Lipinski definition) is 2. The fraction of sp³-hybridized carbons (Fsp3) is 0.526. The van der Waals surface area contributed by atoms with Crippen LogP contribution in [-0.4, -0.2) is 30.3 Å². The minimum atomic E-state index is -0.469. The molecule has 138 valence electrons. The predicted octanol–water partition coefficient (Wildman–Crippen LogP) is 4.02. The Bertz CT molecular complexity index is 654. The van der Waals surface area contributed by atoms with E-state index in [2.05, 4.69) is 28.2 Å². The van der Waals surface area contributed by atoms with Crippen LogP contribution in [-0.2, 0) is 9.53 Å². The Labute approximate surface area is 156 Å². The maximum Gasteiger partial charge on any atom is 0.340 e. The second-order valence-corrected chi connectivity index (χ2v) is 7.47. The molecular formula is C19H25BrFNO3. The van der Waals surface area contributed by atoms with Gasteiger partial charge in [0.1, 0.15) is 5.82 Å². The van der Waals surface area contributed by atoms with Crippen molar-refractivity contribution >= 4 is 27.5 Å². The molecule has 0 bridgehead atoms. The van der Waals surface area contributed by atoms with Gasteiger partial charge in [-0.05, 0) is 57.6 Å². The van der Waals surface area contributed by atoms with Gasteiger partial charge in [0.25, 0.3) is 0 Å². The van der Waals surface area contributed by atoms with E-state index in [1.807, 2.05) is 6.92 Å². The average molecular weight is 414 g/mol. The number of esters is 1. The molecule has 6 heteroatoms. The van der Waals surface area contributed by atoms with Crippen molar-refractivity contribution in [1.29, 1.82) is 0 Å². The van der Waals surface area contributed by atoms with E-state index in [9.17, 15) is 14.3 Å². The molecule has 0 aromatic heterocycles. The second kappa shape index (κ2) is 8.81. The van der Waals surface area contributed by atoms with Crippen molar-refractivity contribution in [2.75, 3.05) is 7.11 Å². The molecule has 4 nitrogen and oxygen atoms in total. The Balaban J connectivity index is 2.26. The van der Waals surface area contributed by atoms with Crippen LogP contribution in [0.15, 0.2) is 28.4 Å². The van der Waals surface area contributed by atoms with Gasteiger partial charge in [-0.15, -0.1) is 0 Å². The van der Waals surface area contributed by atoms with Crippen LogP contribution in [0.4, 0.5) is 4.39 Å². The zero-order valence-electron chi connectivity index (χ0n) is 14.8. The van der Waals surface area contributed by atoms with Gasteiger partial charge in [0.05, 0.1) is 18.8 Å². The van der Waals surface area contributed by atoms with Gasteiger partial charge >= 0.3 is 5.97 Å². The van der Waals surface area contributed by atoms with Crippen LogP contribution < -0.4 is 5.32 Å². The number of aliphatic hydroxyl groups is 1. The molecule has 0 saturated heterocycles. The molecule has 0 radical (unpaired) electrons. The Kier molecular flexibility index (Phi) is 7.02. The number of ether oxygens (including phenoxy) is 1. The van der Waals surface area contributed by atoms with Gasteiger partial charge in [0.15, 0.2) is 0 Å². The fourth-order valence-electron chi connectivity index (χ4n) is 3.39. The topological polar surface area (TPSA) is 58.6 Å². The number of nitrogens with one attached hydrogen (secondary N) is 1. The molecule has 25 heavy (non-hydrogen) atoms. The molecule has 0 amide bonds. The van der Waals surface area contributed by atoms with Gasteiger partial charge in [-0.1, -0.05) is 22.0 Å². The Morgan fingerprint density at radius 1 is 1.36 bits per heavy atom. The molecule has 2 N–H and O–H groups in total. The highest BCUT2D eigenvalue weighted by Crippen LogP contribution is 2.30. The van der Waals surface area contributed by atoms with Crippen LogP contribution in [0.5, 0.6) is 0 Å². The van der Waals surface area contributed by atoms with Crippen molar-refractivity contribution in [2.24, 2.45) is 5.92 Å². The average Bonchev–Trinajstić information content (AvgIpc) is 2.57. The predicted molar refractivity (Wildman–Crippen MR) is 99.3 cm³/mol. The maximum atomic E-state index is 13.4. The second-order valence-electron chi connectivity index (χ2n) is 6.62. The first-order valence-electron chi connectivity index (χ1n) is 8.52. The largest absolute Gasteiger partial charge is 0.465 e. The highest BCUT2D eigenvalue weighted by molar-refractivity contribution is 9.10. The number of methoxy groups -OCH3 is 1. The smallest absolute Gasteiger partial charge is 0.340 e. The van der Waals surface area contributed by atoms with Crippen molar-refractivity contribution in [2.45, 2.75) is 51.7 Å². The highest BCUT2D eigenvalue weighted by Gasteiger charge is 2.26. The Morgan fingerprint density at radius 2 is 2.00 bits per heavy atom. The number of aliphatic hydroxyl groups excluding tert-OH is 1. The Morgan fingerprint density at radius 3 is 2.56 bits per heavy atom. The third kappa shape index (κ3) is 5.05. The molecule has 0 unspecified atom stereocenters. The van der Waals surface area contributed by atoms with Gasteiger partial charge in [0, 0.05) is 21.8 Å². The first kappa shape index (κ1) is 19.9. The lowest BCUT2D eigenvalue weighted by molar-refractivity contribution is -0.133. The maximum absolute atomic E-state index is 13.4. The van der Waals surface area contributed by atoms with Gasteiger partial charge in [0.2, 0.25) is 0 Å². The normalized spacial score (nSPS) is 22.8. The van der Waals surface area contributed by atoms with Crippen molar-refractivity contribution < 1.29 is 19.0 Å². The number of carbonyl (C=O) groups excluding carboxylic acids is 1. The summed E-state index contributed by atoms with van der Waals surface area (Å²) in [7, 11) is 1.33. The number of halogens is 2. The highest BCUT2D eigenvalue weighted by atomic mass is 79.9. The van der Waals surface area contributed by atoms with Crippen LogP contribution in [0, 0.1) is 11.7 Å². The molecule has 0 aliphatic heterocycles. The van der Waals surface area contributed by atoms with E-state index in [0.29, 0.717) is 27.2 Å². The molecule has 0 spiro atoms. The zero-order chi connectivity index (χ0) is 18.6. The van der Waals surface area contributed by atoms with Crippen molar-refractivity contribution in [1.82, 2.24) is 5.32 Å². The summed E-state index contributed by atoms with van der Waals surface area (Å²) in [6.45, 7) is 3.91. The standard InChI is InChI=1S/C19H25BrFNO3/c1-11(13-4-7-15(23)8-5-13)22-12(2)18(19(24)25-3)16-9-6-14(21)10-17(16)20/h6,9-11,13,15,22-23H,4-5,7-8H2,1-3H3/b18-12-/t11-,13?,15?/m1/s1. The molecule has 2 rings (SSSR count). The molecule has 1 aliphatic rings. The van der Waals surface area contributed by atoms with Gasteiger partial charge in [-0.3, -0.25) is 0 Å². The lowest BCUT2D eigenvalue weighted by Gasteiger charge is -2.31. The number of benzene rings is 1. The van der Waals surface area contributed by atoms with Crippen molar-refractivity contribution in [3.63, 3.8) is 0 Å². The summed E-state index contributed by atoms with van der Waals surface area (Å²) in [6, 6.07) is 4.38. The summed E-state index contributed by atoms with van der Waals surface area (Å²) in [5.74, 6) is -0.405. The molecular weight excluding hydrogens is 389 g/mol. The number of carbonyl (C=O) groups is 1. The van der Waals surface area contributed by atoms with E-state index < -0.39 is 5.97 Å². The first-order valence-corrected chi connectivity index (χ1v) is 9.32. The molecule has 1 atom stereocenters. The summed E-state index contributed by atoms with van der Waals surface area (Å²) < 4.78 is 18.8. The van der Waals surface area contributed by atoms with Gasteiger partial charge < -0.3 is 15.2 Å². The lowest BCUT2D eigenvalue weighted by Crippen LogP contribution is -2.36. The van der Waals surface area contributed by atoms with Crippen LogP contribution in [0.25, 0.3) is 5.57 Å². The van der Waals surface area contributed by atoms with E-state index in [4.69, 9.17) is 4.74 Å². The van der Waals surface area contributed by atoms with E-state index in [1.54, 1.807) is 6.07 Å². The van der Waals surface area contributed by atoms with Crippen molar-refractivity contribution in [3.05, 3.63) is 39.7 Å². The fourth-order valence-corrected chi connectivity index (χ4v) is 3.94.